The van der Waals surface area contributed by atoms with Gasteiger partial charge in [-0.1, -0.05) is 32.4 Å². The van der Waals surface area contributed by atoms with Crippen molar-refractivity contribution in [3.63, 3.8) is 0 Å². The molecule has 0 aromatic carbocycles. The zero-order chi connectivity index (χ0) is 8.53. The molecule has 0 bridgehead atoms. The highest BCUT2D eigenvalue weighted by Crippen LogP contribution is 1.97. The molecule has 0 atom stereocenters. The summed E-state index contributed by atoms with van der Waals surface area (Å²) in [6.45, 7) is 8.62. The molecule has 0 saturated heterocycles. The molecule has 1 nitrogen and oxygen atoms in total. The molecule has 0 spiro atoms. The van der Waals surface area contributed by atoms with Crippen LogP contribution in [0, 0.1) is 0 Å². The second-order valence-electron chi connectivity index (χ2n) is 2.64. The van der Waals surface area contributed by atoms with Gasteiger partial charge < -0.3 is 4.74 Å². The lowest BCUT2D eigenvalue weighted by molar-refractivity contribution is 0.239. The molecule has 0 radical (unpaired) electrons. The van der Waals surface area contributed by atoms with Gasteiger partial charge in [-0.15, -0.1) is 0 Å². The van der Waals surface area contributed by atoms with Gasteiger partial charge in [-0.25, -0.2) is 0 Å². The lowest BCUT2D eigenvalue weighted by atomic mass is 10.3. The molecule has 0 saturated carbocycles. The van der Waals surface area contributed by atoms with Crippen LogP contribution in [0.15, 0.2) is 24.5 Å². The molecule has 0 amide bonds. The van der Waals surface area contributed by atoms with Gasteiger partial charge in [0.05, 0.1) is 12.9 Å². The fourth-order valence-corrected chi connectivity index (χ4v) is 0.674. The van der Waals surface area contributed by atoms with Gasteiger partial charge in [-0.3, -0.25) is 0 Å². The van der Waals surface area contributed by atoms with E-state index in [1.165, 1.54) is 12.8 Å². The summed E-state index contributed by atoms with van der Waals surface area (Å²) < 4.78 is 5.26. The first-order valence-electron chi connectivity index (χ1n) is 4.22. The number of hydrogen-bond donors (Lipinski definition) is 0. The SMILES string of the molecule is C=C/C(C)=C/OCCCCC. The monoisotopic (exact) mass is 154 g/mol. The van der Waals surface area contributed by atoms with Crippen molar-refractivity contribution in [1.82, 2.24) is 0 Å². The maximum absolute atomic E-state index is 5.26. The highest BCUT2D eigenvalue weighted by Gasteiger charge is 1.84. The quantitative estimate of drug-likeness (QED) is 0.324. The third-order valence-electron chi connectivity index (χ3n) is 1.46. The van der Waals surface area contributed by atoms with E-state index in [0.29, 0.717) is 0 Å². The maximum atomic E-state index is 5.26. The molecule has 64 valence electrons. The summed E-state index contributed by atoms with van der Waals surface area (Å²) in [5.41, 5.74) is 1.08. The summed E-state index contributed by atoms with van der Waals surface area (Å²) in [5, 5.41) is 0. The Kier molecular flexibility index (Phi) is 6.90. The molecule has 0 aliphatic carbocycles. The largest absolute Gasteiger partial charge is 0.501 e. The fourth-order valence-electron chi connectivity index (χ4n) is 0.674. The van der Waals surface area contributed by atoms with E-state index < -0.39 is 0 Å². The Morgan fingerprint density at radius 1 is 1.45 bits per heavy atom. The summed E-state index contributed by atoms with van der Waals surface area (Å²) in [5.74, 6) is 0. The van der Waals surface area contributed by atoms with Gasteiger partial charge in [-0.05, 0) is 18.9 Å². The molecule has 0 aromatic heterocycles. The zero-order valence-electron chi connectivity index (χ0n) is 7.60. The smallest absolute Gasteiger partial charge is 0.0873 e. The minimum atomic E-state index is 0.832. The highest BCUT2D eigenvalue weighted by atomic mass is 16.5. The molecule has 0 rings (SSSR count). The molecular formula is C10H18O. The van der Waals surface area contributed by atoms with Gasteiger partial charge in [-0.2, -0.15) is 0 Å². The van der Waals surface area contributed by atoms with Crippen LogP contribution < -0.4 is 0 Å². The van der Waals surface area contributed by atoms with Crippen LogP contribution in [-0.2, 0) is 4.74 Å². The zero-order valence-corrected chi connectivity index (χ0v) is 7.60. The number of ether oxygens (including phenoxy) is 1. The predicted octanol–water partition coefficient (Wildman–Crippen LogP) is 3.28. The predicted molar refractivity (Wildman–Crippen MR) is 49.4 cm³/mol. The molecular weight excluding hydrogens is 136 g/mol. The highest BCUT2D eigenvalue weighted by molar-refractivity contribution is 5.09. The van der Waals surface area contributed by atoms with Crippen LogP contribution in [0.3, 0.4) is 0 Å². The van der Waals surface area contributed by atoms with Gasteiger partial charge in [0.1, 0.15) is 0 Å². The Morgan fingerprint density at radius 2 is 2.18 bits per heavy atom. The van der Waals surface area contributed by atoms with Crippen molar-refractivity contribution in [2.75, 3.05) is 6.61 Å². The molecule has 11 heavy (non-hydrogen) atoms. The molecule has 0 unspecified atom stereocenters. The van der Waals surface area contributed by atoms with E-state index in [-0.39, 0.29) is 0 Å². The summed E-state index contributed by atoms with van der Waals surface area (Å²) in [7, 11) is 0. The third kappa shape index (κ3) is 7.17. The number of rotatable bonds is 6. The lowest BCUT2D eigenvalue weighted by Crippen LogP contribution is -1.87. The van der Waals surface area contributed by atoms with Crippen LogP contribution in [0.5, 0.6) is 0 Å². The van der Waals surface area contributed by atoms with Crippen molar-refractivity contribution in [1.29, 1.82) is 0 Å². The van der Waals surface area contributed by atoms with Crippen LogP contribution in [-0.4, -0.2) is 6.61 Å². The van der Waals surface area contributed by atoms with Crippen molar-refractivity contribution in [2.24, 2.45) is 0 Å². The minimum Gasteiger partial charge on any atom is -0.501 e. The van der Waals surface area contributed by atoms with E-state index >= 15 is 0 Å². The van der Waals surface area contributed by atoms with E-state index in [0.717, 1.165) is 18.6 Å². The Hall–Kier alpha value is -0.720. The molecule has 0 fully saturated rings. The van der Waals surface area contributed by atoms with Crippen LogP contribution >= 0.6 is 0 Å². The van der Waals surface area contributed by atoms with Gasteiger partial charge >= 0.3 is 0 Å². The number of unbranched alkanes of at least 4 members (excludes halogenated alkanes) is 2. The Labute approximate surface area is 69.8 Å². The van der Waals surface area contributed by atoms with E-state index in [2.05, 4.69) is 13.5 Å². The first-order chi connectivity index (χ1) is 5.31. The fraction of sp³-hybridized carbons (Fsp3) is 0.600. The standard InChI is InChI=1S/C10H18O/c1-4-6-7-8-11-9-10(3)5-2/h5,9H,2,4,6-8H2,1,3H3/b10-9+. The number of hydrogen-bond acceptors (Lipinski definition) is 1. The van der Waals surface area contributed by atoms with Crippen LogP contribution in [0.1, 0.15) is 33.1 Å². The van der Waals surface area contributed by atoms with E-state index in [4.69, 9.17) is 4.74 Å². The summed E-state index contributed by atoms with van der Waals surface area (Å²) in [6.07, 6.45) is 7.20. The van der Waals surface area contributed by atoms with Crippen LogP contribution in [0.25, 0.3) is 0 Å². The van der Waals surface area contributed by atoms with Crippen molar-refractivity contribution in [3.8, 4) is 0 Å². The number of allylic oxidation sites excluding steroid dienone is 2. The third-order valence-corrected chi connectivity index (χ3v) is 1.46. The topological polar surface area (TPSA) is 9.23 Å². The Bertz CT molecular complexity index is 125. The molecule has 0 aliphatic heterocycles. The molecule has 0 aliphatic rings. The first-order valence-corrected chi connectivity index (χ1v) is 4.22. The van der Waals surface area contributed by atoms with E-state index in [1.807, 2.05) is 6.92 Å². The second kappa shape index (κ2) is 7.39. The van der Waals surface area contributed by atoms with Gasteiger partial charge in [0.15, 0.2) is 0 Å². The second-order valence-corrected chi connectivity index (χ2v) is 2.64. The van der Waals surface area contributed by atoms with Gasteiger partial charge in [0.25, 0.3) is 0 Å². The Morgan fingerprint density at radius 3 is 2.73 bits per heavy atom. The first kappa shape index (κ1) is 10.3. The van der Waals surface area contributed by atoms with Gasteiger partial charge in [0.2, 0.25) is 0 Å². The molecule has 0 N–H and O–H groups in total. The van der Waals surface area contributed by atoms with Crippen LogP contribution in [0.2, 0.25) is 0 Å². The van der Waals surface area contributed by atoms with Crippen molar-refractivity contribution in [2.45, 2.75) is 33.1 Å². The summed E-state index contributed by atoms with van der Waals surface area (Å²) in [4.78, 5) is 0. The van der Waals surface area contributed by atoms with E-state index in [1.54, 1.807) is 12.3 Å². The van der Waals surface area contributed by atoms with E-state index in [9.17, 15) is 0 Å². The normalized spacial score (nSPS) is 11.3. The lowest BCUT2D eigenvalue weighted by Gasteiger charge is -1.99. The van der Waals surface area contributed by atoms with Gasteiger partial charge in [0, 0.05) is 0 Å². The average Bonchev–Trinajstić information content (AvgIpc) is 2.04. The van der Waals surface area contributed by atoms with Crippen molar-refractivity contribution < 1.29 is 4.74 Å². The summed E-state index contributed by atoms with van der Waals surface area (Å²) >= 11 is 0. The molecule has 0 heterocycles. The Balaban J connectivity index is 3.19. The van der Waals surface area contributed by atoms with Crippen LogP contribution in [0.4, 0.5) is 0 Å². The molecule has 1 heteroatoms. The molecule has 0 aromatic rings. The minimum absolute atomic E-state index is 0.832. The van der Waals surface area contributed by atoms with Crippen molar-refractivity contribution in [3.05, 3.63) is 24.5 Å². The maximum Gasteiger partial charge on any atom is 0.0873 e. The average molecular weight is 154 g/mol. The summed E-state index contributed by atoms with van der Waals surface area (Å²) in [6, 6.07) is 0. The van der Waals surface area contributed by atoms with Crippen molar-refractivity contribution >= 4 is 0 Å².